The summed E-state index contributed by atoms with van der Waals surface area (Å²) in [6.07, 6.45) is -0.328. The maximum Gasteiger partial charge on any atom is 0.308 e. The monoisotopic (exact) mass is 516 g/mol. The zero-order valence-electron chi connectivity index (χ0n) is 24.5. The number of ketones is 1. The van der Waals surface area contributed by atoms with Crippen LogP contribution in [0.4, 0.5) is 0 Å². The molecular formula is C26H52O6Si2. The Morgan fingerprint density at radius 2 is 1.24 bits per heavy atom. The molecule has 0 amide bonds. The van der Waals surface area contributed by atoms with Crippen LogP contribution in [0, 0.1) is 17.3 Å². The van der Waals surface area contributed by atoms with E-state index in [2.05, 4.69) is 67.7 Å². The fourth-order valence-electron chi connectivity index (χ4n) is 3.37. The predicted octanol–water partition coefficient (Wildman–Crippen LogP) is 6.40. The highest BCUT2D eigenvalue weighted by Crippen LogP contribution is 2.43. The van der Waals surface area contributed by atoms with E-state index in [-0.39, 0.29) is 22.3 Å². The molecule has 0 aliphatic rings. The second-order valence-corrected chi connectivity index (χ2v) is 22.9. The van der Waals surface area contributed by atoms with Gasteiger partial charge in [-0.2, -0.15) is 0 Å². The number of carbonyl (C=O) groups excluding carboxylic acids is 3. The molecule has 0 bridgehead atoms. The SMILES string of the molecule is COC(=O)C[C@H](O[Si](C)(C)C(C)(C)C)C(C)(C)C(=O)[C@H](C)[C@@H](O[Si](C)(C)C(C)(C)C)[C@@H](C)C=O. The molecule has 0 saturated carbocycles. The molecule has 0 unspecified atom stereocenters. The Bertz CT molecular complexity index is 716. The molecule has 0 aromatic rings. The Labute approximate surface area is 211 Å². The predicted molar refractivity (Wildman–Crippen MR) is 144 cm³/mol. The minimum Gasteiger partial charge on any atom is -0.469 e. The zero-order valence-corrected chi connectivity index (χ0v) is 26.5. The lowest BCUT2D eigenvalue weighted by atomic mass is 9.73. The van der Waals surface area contributed by atoms with Crippen molar-refractivity contribution < 1.29 is 28.0 Å². The van der Waals surface area contributed by atoms with E-state index in [9.17, 15) is 14.4 Å². The molecule has 0 aromatic heterocycles. The van der Waals surface area contributed by atoms with Gasteiger partial charge in [-0.05, 0) is 36.3 Å². The van der Waals surface area contributed by atoms with Gasteiger partial charge in [-0.25, -0.2) is 0 Å². The van der Waals surface area contributed by atoms with E-state index in [1.165, 1.54) is 7.11 Å². The highest BCUT2D eigenvalue weighted by atomic mass is 28.4. The van der Waals surface area contributed by atoms with E-state index in [1.807, 2.05) is 20.8 Å². The van der Waals surface area contributed by atoms with Crippen molar-refractivity contribution in [1.82, 2.24) is 0 Å². The Balaban J connectivity index is 6.30. The van der Waals surface area contributed by atoms with Crippen LogP contribution in [0.5, 0.6) is 0 Å². The summed E-state index contributed by atoms with van der Waals surface area (Å²) in [6, 6.07) is 0. The summed E-state index contributed by atoms with van der Waals surface area (Å²) < 4.78 is 18.2. The third kappa shape index (κ3) is 8.10. The number of hydrogen-bond acceptors (Lipinski definition) is 6. The molecule has 0 saturated heterocycles. The number of aldehydes is 1. The molecule has 0 fully saturated rings. The first-order valence-electron chi connectivity index (χ1n) is 12.4. The van der Waals surface area contributed by atoms with Gasteiger partial charge >= 0.3 is 5.97 Å². The van der Waals surface area contributed by atoms with Crippen LogP contribution in [-0.4, -0.2) is 54.0 Å². The van der Waals surface area contributed by atoms with E-state index in [0.29, 0.717) is 0 Å². The Kier molecular flexibility index (Phi) is 11.2. The fourth-order valence-corrected chi connectivity index (χ4v) is 6.26. The number of carbonyl (C=O) groups is 3. The van der Waals surface area contributed by atoms with Gasteiger partial charge in [0.15, 0.2) is 16.6 Å². The Hall–Kier alpha value is -0.836. The van der Waals surface area contributed by atoms with E-state index in [0.717, 1.165) is 6.29 Å². The van der Waals surface area contributed by atoms with E-state index in [4.69, 9.17) is 13.6 Å². The van der Waals surface area contributed by atoms with Crippen LogP contribution in [-0.2, 0) is 28.0 Å². The van der Waals surface area contributed by atoms with Crippen molar-refractivity contribution >= 4 is 34.7 Å². The van der Waals surface area contributed by atoms with Gasteiger partial charge in [-0.15, -0.1) is 0 Å². The second-order valence-electron chi connectivity index (χ2n) is 13.4. The van der Waals surface area contributed by atoms with Gasteiger partial charge in [0.1, 0.15) is 12.1 Å². The van der Waals surface area contributed by atoms with Crippen molar-refractivity contribution in [3.8, 4) is 0 Å². The highest BCUT2D eigenvalue weighted by molar-refractivity contribution is 6.74. The molecule has 0 rings (SSSR count). The molecule has 0 aliphatic carbocycles. The molecular weight excluding hydrogens is 464 g/mol. The van der Waals surface area contributed by atoms with Gasteiger partial charge in [0, 0.05) is 17.3 Å². The number of ether oxygens (including phenoxy) is 1. The van der Waals surface area contributed by atoms with Crippen LogP contribution in [0.25, 0.3) is 0 Å². The van der Waals surface area contributed by atoms with Crippen molar-refractivity contribution in [2.75, 3.05) is 7.11 Å². The Morgan fingerprint density at radius 1 is 0.824 bits per heavy atom. The molecule has 8 heteroatoms. The van der Waals surface area contributed by atoms with Crippen molar-refractivity contribution in [3.05, 3.63) is 0 Å². The lowest BCUT2D eigenvalue weighted by Gasteiger charge is -2.46. The van der Waals surface area contributed by atoms with Gasteiger partial charge in [-0.3, -0.25) is 9.59 Å². The van der Waals surface area contributed by atoms with Gasteiger partial charge in [0.2, 0.25) is 0 Å². The van der Waals surface area contributed by atoms with E-state index >= 15 is 0 Å². The summed E-state index contributed by atoms with van der Waals surface area (Å²) in [5.74, 6) is -1.47. The number of Topliss-reactive ketones (excluding diaryl/α,β-unsaturated/α-hetero) is 1. The second kappa shape index (κ2) is 11.5. The lowest BCUT2D eigenvalue weighted by Crippen LogP contribution is -2.54. The highest BCUT2D eigenvalue weighted by Gasteiger charge is 2.50. The minimum absolute atomic E-state index is 0.00847. The first-order valence-corrected chi connectivity index (χ1v) is 18.2. The standard InChI is InChI=1S/C26H52O6Si2/c1-18(17-27)22(32-34(14,15)25(6,7)8)19(2)23(29)26(9,10)20(16-21(28)30-11)31-33(12,13)24(3,4)5/h17-20,22H,16H2,1-15H3/t18-,19+,20-,22-/m0/s1. The quantitative estimate of drug-likeness (QED) is 0.170. The number of rotatable bonds is 12. The summed E-state index contributed by atoms with van der Waals surface area (Å²) in [4.78, 5) is 38.2. The summed E-state index contributed by atoms with van der Waals surface area (Å²) in [5.41, 5.74) is -0.985. The fraction of sp³-hybridized carbons (Fsp3) is 0.885. The average Bonchev–Trinajstić information content (AvgIpc) is 2.67. The first-order chi connectivity index (χ1) is 15.0. The van der Waals surface area contributed by atoms with Crippen molar-refractivity contribution in [2.24, 2.45) is 17.3 Å². The molecule has 0 aliphatic heterocycles. The van der Waals surface area contributed by atoms with Gasteiger partial charge in [0.05, 0.1) is 25.7 Å². The number of esters is 1. The Morgan fingerprint density at radius 3 is 1.59 bits per heavy atom. The largest absolute Gasteiger partial charge is 0.469 e. The molecule has 6 nitrogen and oxygen atoms in total. The number of hydrogen-bond donors (Lipinski definition) is 0. The van der Waals surface area contributed by atoms with Crippen LogP contribution < -0.4 is 0 Å². The smallest absolute Gasteiger partial charge is 0.308 e. The van der Waals surface area contributed by atoms with Gasteiger partial charge in [0.25, 0.3) is 0 Å². The molecule has 0 heterocycles. The molecule has 0 radical (unpaired) electrons. The topological polar surface area (TPSA) is 78.9 Å². The van der Waals surface area contributed by atoms with Crippen LogP contribution in [0.2, 0.25) is 36.3 Å². The van der Waals surface area contributed by atoms with Crippen LogP contribution >= 0.6 is 0 Å². The van der Waals surface area contributed by atoms with Crippen LogP contribution in [0.15, 0.2) is 0 Å². The van der Waals surface area contributed by atoms with Crippen molar-refractivity contribution in [2.45, 2.75) is 124 Å². The summed E-state index contributed by atoms with van der Waals surface area (Å²) in [7, 11) is -3.20. The summed E-state index contributed by atoms with van der Waals surface area (Å²) >= 11 is 0. The molecule has 0 N–H and O–H groups in total. The van der Waals surface area contributed by atoms with Crippen LogP contribution in [0.3, 0.4) is 0 Å². The summed E-state index contributed by atoms with van der Waals surface area (Å²) in [5, 5.41) is -0.156. The van der Waals surface area contributed by atoms with Gasteiger partial charge in [-0.1, -0.05) is 69.2 Å². The third-order valence-corrected chi connectivity index (χ3v) is 17.1. The van der Waals surface area contributed by atoms with Crippen molar-refractivity contribution in [1.29, 1.82) is 0 Å². The molecule has 34 heavy (non-hydrogen) atoms. The maximum atomic E-state index is 14.0. The minimum atomic E-state index is -2.30. The number of methoxy groups -OCH3 is 1. The zero-order chi connectivity index (χ0) is 27.5. The average molecular weight is 517 g/mol. The van der Waals surface area contributed by atoms with E-state index < -0.39 is 52.1 Å². The normalized spacial score (nSPS) is 17.5. The molecule has 200 valence electrons. The molecule has 4 atom stereocenters. The maximum absolute atomic E-state index is 14.0. The molecule has 0 spiro atoms. The molecule has 0 aromatic carbocycles. The first kappa shape index (κ1) is 33.2. The van der Waals surface area contributed by atoms with E-state index in [1.54, 1.807) is 6.92 Å². The van der Waals surface area contributed by atoms with Gasteiger partial charge < -0.3 is 18.4 Å². The summed E-state index contributed by atoms with van der Waals surface area (Å²) in [6.45, 7) is 28.6. The third-order valence-electron chi connectivity index (χ3n) is 8.14. The lowest BCUT2D eigenvalue weighted by molar-refractivity contribution is -0.148. The van der Waals surface area contributed by atoms with Crippen molar-refractivity contribution in [3.63, 3.8) is 0 Å². The van der Waals surface area contributed by atoms with Crippen LogP contribution in [0.1, 0.15) is 75.7 Å².